The van der Waals surface area contributed by atoms with E-state index in [0.717, 1.165) is 0 Å². The average Bonchev–Trinajstić information content (AvgIpc) is 2.29. The number of hydrogen-bond donors (Lipinski definition) is 1. The Bertz CT molecular complexity index is 433. The fraction of sp³-hybridized carbons (Fsp3) is 0.300. The molecule has 84 valence electrons. The minimum absolute atomic E-state index is 0.255. The first-order valence-corrected chi connectivity index (χ1v) is 4.81. The highest BCUT2D eigenvalue weighted by molar-refractivity contribution is 6.06. The zero-order valence-corrected chi connectivity index (χ0v) is 8.77. The largest absolute Gasteiger partial charge is 0.493 e. The number of anilines is 1. The van der Waals surface area contributed by atoms with Gasteiger partial charge in [-0.1, -0.05) is 0 Å². The molecule has 1 aromatic heterocycles. The van der Waals surface area contributed by atoms with E-state index >= 15 is 0 Å². The molecule has 0 radical (unpaired) electrons. The fourth-order valence-electron chi connectivity index (χ4n) is 1.55. The van der Waals surface area contributed by atoms with Crippen molar-refractivity contribution in [1.29, 1.82) is 0 Å². The Kier molecular flexibility index (Phi) is 2.72. The van der Waals surface area contributed by atoms with Gasteiger partial charge in [0.15, 0.2) is 5.75 Å². The van der Waals surface area contributed by atoms with Gasteiger partial charge in [-0.15, -0.1) is 0 Å². The molecule has 6 nitrogen and oxygen atoms in total. The summed E-state index contributed by atoms with van der Waals surface area (Å²) in [5.74, 6) is 0.251. The number of methoxy groups -OCH3 is 1. The molecule has 0 aromatic carbocycles. The Hall–Kier alpha value is -2.11. The summed E-state index contributed by atoms with van der Waals surface area (Å²) >= 11 is 0. The zero-order chi connectivity index (χ0) is 11.5. The van der Waals surface area contributed by atoms with Crippen molar-refractivity contribution in [3.63, 3.8) is 0 Å². The number of carbonyl (C=O) groups excluding carboxylic acids is 2. The average molecular weight is 221 g/mol. The third-order valence-corrected chi connectivity index (χ3v) is 2.33. The number of amides is 3. The van der Waals surface area contributed by atoms with Gasteiger partial charge in [0.05, 0.1) is 19.0 Å². The van der Waals surface area contributed by atoms with Gasteiger partial charge in [-0.2, -0.15) is 0 Å². The maximum atomic E-state index is 11.6. The second-order valence-corrected chi connectivity index (χ2v) is 3.30. The number of hydrogen-bond acceptors (Lipinski definition) is 4. The standard InChI is InChI=1S/C10H11N3O3/c1-16-8-6-11-4-2-7(8)13-5-3-9(14)12-10(13)15/h2,4,6H,3,5H2,1H3,(H,12,14,15). The van der Waals surface area contributed by atoms with Crippen LogP contribution >= 0.6 is 0 Å². The second-order valence-electron chi connectivity index (χ2n) is 3.30. The molecule has 0 unspecified atom stereocenters. The van der Waals surface area contributed by atoms with E-state index in [0.29, 0.717) is 18.0 Å². The Morgan fingerprint density at radius 1 is 1.50 bits per heavy atom. The molecule has 1 N–H and O–H groups in total. The highest BCUT2D eigenvalue weighted by atomic mass is 16.5. The lowest BCUT2D eigenvalue weighted by atomic mass is 10.2. The van der Waals surface area contributed by atoms with Crippen molar-refractivity contribution in [3.05, 3.63) is 18.5 Å². The van der Waals surface area contributed by atoms with Crippen LogP contribution in [0.25, 0.3) is 0 Å². The number of urea groups is 1. The van der Waals surface area contributed by atoms with Crippen LogP contribution in [-0.2, 0) is 4.79 Å². The predicted octanol–water partition coefficient (Wildman–Crippen LogP) is 0.536. The molecule has 1 aromatic rings. The molecule has 6 heteroatoms. The molecule has 3 amide bonds. The van der Waals surface area contributed by atoms with Crippen molar-refractivity contribution >= 4 is 17.6 Å². The van der Waals surface area contributed by atoms with Crippen LogP contribution in [0.2, 0.25) is 0 Å². The quantitative estimate of drug-likeness (QED) is 0.791. The summed E-state index contributed by atoms with van der Waals surface area (Å²) in [5, 5.41) is 2.25. The number of nitrogens with one attached hydrogen (secondary N) is 1. The lowest BCUT2D eigenvalue weighted by molar-refractivity contribution is -0.120. The number of ether oxygens (including phenoxy) is 1. The first-order valence-electron chi connectivity index (χ1n) is 4.81. The van der Waals surface area contributed by atoms with Gasteiger partial charge < -0.3 is 4.74 Å². The summed E-state index contributed by atoms with van der Waals surface area (Å²) in [4.78, 5) is 28.0. The maximum absolute atomic E-state index is 11.6. The molecule has 2 rings (SSSR count). The summed E-state index contributed by atoms with van der Waals surface area (Å²) in [5.41, 5.74) is 0.613. The van der Waals surface area contributed by atoms with Crippen LogP contribution in [0.1, 0.15) is 6.42 Å². The van der Waals surface area contributed by atoms with Crippen molar-refractivity contribution < 1.29 is 14.3 Å². The molecule has 0 bridgehead atoms. The van der Waals surface area contributed by atoms with Gasteiger partial charge in [0.25, 0.3) is 0 Å². The molecule has 0 atom stereocenters. The minimum Gasteiger partial charge on any atom is -0.493 e. The molecular weight excluding hydrogens is 210 g/mol. The highest BCUT2D eigenvalue weighted by Crippen LogP contribution is 2.27. The zero-order valence-electron chi connectivity index (χ0n) is 8.77. The number of aromatic nitrogens is 1. The van der Waals surface area contributed by atoms with E-state index in [1.165, 1.54) is 18.2 Å². The Labute approximate surface area is 92.2 Å². The van der Waals surface area contributed by atoms with E-state index < -0.39 is 6.03 Å². The van der Waals surface area contributed by atoms with Crippen LogP contribution in [0.3, 0.4) is 0 Å². The number of imide groups is 1. The van der Waals surface area contributed by atoms with Crippen molar-refractivity contribution in [3.8, 4) is 5.75 Å². The summed E-state index contributed by atoms with van der Waals surface area (Å²) in [6.07, 6.45) is 3.39. The molecule has 1 aliphatic rings. The fourth-order valence-corrected chi connectivity index (χ4v) is 1.55. The molecule has 1 saturated heterocycles. The van der Waals surface area contributed by atoms with Gasteiger partial charge in [0, 0.05) is 19.2 Å². The summed E-state index contributed by atoms with van der Waals surface area (Å²) < 4.78 is 5.10. The molecule has 2 heterocycles. The van der Waals surface area contributed by atoms with Gasteiger partial charge >= 0.3 is 6.03 Å². The van der Waals surface area contributed by atoms with Gasteiger partial charge in [-0.3, -0.25) is 20.0 Å². The third kappa shape index (κ3) is 1.81. The highest BCUT2D eigenvalue weighted by Gasteiger charge is 2.26. The van der Waals surface area contributed by atoms with E-state index in [-0.39, 0.29) is 12.3 Å². The lowest BCUT2D eigenvalue weighted by Gasteiger charge is -2.27. The predicted molar refractivity (Wildman–Crippen MR) is 56.3 cm³/mol. The van der Waals surface area contributed by atoms with Crippen molar-refractivity contribution in [2.24, 2.45) is 0 Å². The topological polar surface area (TPSA) is 71.5 Å². The smallest absolute Gasteiger partial charge is 0.328 e. The number of pyridine rings is 1. The van der Waals surface area contributed by atoms with Gasteiger partial charge in [0.1, 0.15) is 0 Å². The summed E-state index contributed by atoms with van der Waals surface area (Å²) in [7, 11) is 1.51. The van der Waals surface area contributed by atoms with E-state index in [1.54, 1.807) is 12.3 Å². The van der Waals surface area contributed by atoms with Crippen molar-refractivity contribution in [1.82, 2.24) is 10.3 Å². The van der Waals surface area contributed by atoms with Crippen molar-refractivity contribution in [2.75, 3.05) is 18.6 Å². The SMILES string of the molecule is COc1cnccc1N1CCC(=O)NC1=O. The summed E-state index contributed by atoms with van der Waals surface area (Å²) in [6.45, 7) is 0.352. The molecule has 16 heavy (non-hydrogen) atoms. The van der Waals surface area contributed by atoms with Gasteiger partial charge in [0.2, 0.25) is 5.91 Å². The van der Waals surface area contributed by atoms with Crippen LogP contribution < -0.4 is 15.0 Å². The third-order valence-electron chi connectivity index (χ3n) is 2.33. The second kappa shape index (κ2) is 4.18. The van der Waals surface area contributed by atoms with E-state index in [4.69, 9.17) is 4.74 Å². The van der Waals surface area contributed by atoms with Crippen LogP contribution in [-0.4, -0.2) is 30.6 Å². The normalized spacial score (nSPS) is 15.9. The minimum atomic E-state index is -0.430. The van der Waals surface area contributed by atoms with Crippen LogP contribution in [0.15, 0.2) is 18.5 Å². The van der Waals surface area contributed by atoms with Crippen LogP contribution in [0.5, 0.6) is 5.75 Å². The van der Waals surface area contributed by atoms with Crippen molar-refractivity contribution in [2.45, 2.75) is 6.42 Å². The molecule has 0 saturated carbocycles. The van der Waals surface area contributed by atoms with E-state index in [2.05, 4.69) is 10.3 Å². The summed E-state index contributed by atoms with van der Waals surface area (Å²) in [6, 6.07) is 1.24. The number of nitrogens with zero attached hydrogens (tertiary/aromatic N) is 2. The monoisotopic (exact) mass is 221 g/mol. The van der Waals surface area contributed by atoms with Crippen LogP contribution in [0.4, 0.5) is 10.5 Å². The van der Waals surface area contributed by atoms with E-state index in [1.807, 2.05) is 0 Å². The molecule has 1 aliphatic heterocycles. The van der Waals surface area contributed by atoms with Gasteiger partial charge in [-0.25, -0.2) is 4.79 Å². The van der Waals surface area contributed by atoms with Crippen LogP contribution in [0, 0.1) is 0 Å². The molecular formula is C10H11N3O3. The molecule has 0 spiro atoms. The Balaban J connectivity index is 2.30. The number of rotatable bonds is 2. The number of carbonyl (C=O) groups is 2. The Morgan fingerprint density at radius 2 is 2.31 bits per heavy atom. The first kappa shape index (κ1) is 10.4. The Morgan fingerprint density at radius 3 is 3.00 bits per heavy atom. The first-order chi connectivity index (χ1) is 7.72. The lowest BCUT2D eigenvalue weighted by Crippen LogP contribution is -2.49. The van der Waals surface area contributed by atoms with Gasteiger partial charge in [-0.05, 0) is 6.07 Å². The molecule has 1 fully saturated rings. The molecule has 0 aliphatic carbocycles. The maximum Gasteiger partial charge on any atom is 0.328 e. The van der Waals surface area contributed by atoms with E-state index in [9.17, 15) is 9.59 Å².